The van der Waals surface area contributed by atoms with Gasteiger partial charge in [0, 0.05) is 11.6 Å². The number of hydrogen-bond donors (Lipinski definition) is 0. The molecule has 2 rings (SSSR count). The van der Waals surface area contributed by atoms with Gasteiger partial charge in [-0.25, -0.2) is 0 Å². The van der Waals surface area contributed by atoms with Gasteiger partial charge in [-0.2, -0.15) is 0 Å². The quantitative estimate of drug-likeness (QED) is 0.505. The highest BCUT2D eigenvalue weighted by atomic mass is 35.5. The van der Waals surface area contributed by atoms with Crippen molar-refractivity contribution in [2.75, 3.05) is 26.9 Å². The number of benzene rings is 2. The Balaban J connectivity index is 1.97. The number of carbonyl (C=O) groups excluding carboxylic acids is 1. The second-order valence-electron chi connectivity index (χ2n) is 4.76. The van der Waals surface area contributed by atoms with Gasteiger partial charge in [-0.05, 0) is 31.2 Å². The van der Waals surface area contributed by atoms with Crippen LogP contribution in [-0.4, -0.2) is 33.2 Å². The normalized spacial score (nSPS) is 10.1. The van der Waals surface area contributed by atoms with Crippen molar-refractivity contribution in [1.29, 1.82) is 0 Å². The zero-order valence-electron chi connectivity index (χ0n) is 13.6. The molecule has 128 valence electrons. The van der Waals surface area contributed by atoms with Crippen molar-refractivity contribution in [3.63, 3.8) is 0 Å². The van der Waals surface area contributed by atoms with Crippen molar-refractivity contribution >= 4 is 17.9 Å². The van der Waals surface area contributed by atoms with E-state index in [1.54, 1.807) is 19.2 Å². The third kappa shape index (κ3) is 4.80. The standard InChI is InChI=1S/C18H19ClO5/c1-3-22-17-10-13(12-20)9-16(19)18(17)24-8-7-23-15-6-4-5-14(11-15)21-2/h4-6,9-12H,3,7-8H2,1-2H3. The summed E-state index contributed by atoms with van der Waals surface area (Å²) in [5.41, 5.74) is 0.434. The molecule has 0 heterocycles. The first kappa shape index (κ1) is 17.9. The Labute approximate surface area is 146 Å². The SMILES string of the molecule is CCOc1cc(C=O)cc(Cl)c1OCCOc1cccc(OC)c1. The molecule has 0 aliphatic rings. The average molecular weight is 351 g/mol. The summed E-state index contributed by atoms with van der Waals surface area (Å²) in [4.78, 5) is 10.9. The summed E-state index contributed by atoms with van der Waals surface area (Å²) in [6.07, 6.45) is 0.712. The molecule has 0 spiro atoms. The lowest BCUT2D eigenvalue weighted by Gasteiger charge is -2.14. The van der Waals surface area contributed by atoms with Crippen molar-refractivity contribution in [2.24, 2.45) is 0 Å². The Morgan fingerprint density at radius 2 is 1.79 bits per heavy atom. The maximum atomic E-state index is 10.9. The van der Waals surface area contributed by atoms with Gasteiger partial charge in [0.25, 0.3) is 0 Å². The predicted molar refractivity (Wildman–Crippen MR) is 92.0 cm³/mol. The third-order valence-electron chi connectivity index (χ3n) is 3.11. The average Bonchev–Trinajstić information content (AvgIpc) is 2.60. The number of methoxy groups -OCH3 is 1. The van der Waals surface area contributed by atoms with Crippen LogP contribution in [0, 0.1) is 0 Å². The van der Waals surface area contributed by atoms with Crippen LogP contribution in [0.1, 0.15) is 17.3 Å². The molecular weight excluding hydrogens is 332 g/mol. The summed E-state index contributed by atoms with van der Waals surface area (Å²) in [7, 11) is 1.60. The molecule has 0 radical (unpaired) electrons. The van der Waals surface area contributed by atoms with Gasteiger partial charge < -0.3 is 18.9 Å². The molecule has 0 bridgehead atoms. The molecule has 0 fully saturated rings. The molecule has 0 saturated carbocycles. The van der Waals surface area contributed by atoms with Crippen molar-refractivity contribution in [3.05, 3.63) is 47.0 Å². The maximum Gasteiger partial charge on any atom is 0.179 e. The van der Waals surface area contributed by atoms with Gasteiger partial charge in [0.05, 0.1) is 18.7 Å². The van der Waals surface area contributed by atoms with Crippen LogP contribution in [0.4, 0.5) is 0 Å². The largest absolute Gasteiger partial charge is 0.497 e. The van der Waals surface area contributed by atoms with E-state index in [1.165, 1.54) is 6.07 Å². The lowest BCUT2D eigenvalue weighted by molar-refractivity contribution is 0.112. The van der Waals surface area contributed by atoms with Crippen molar-refractivity contribution in [3.8, 4) is 23.0 Å². The van der Waals surface area contributed by atoms with Crippen molar-refractivity contribution < 1.29 is 23.7 Å². The van der Waals surface area contributed by atoms with E-state index in [0.29, 0.717) is 47.3 Å². The first-order chi connectivity index (χ1) is 11.7. The Morgan fingerprint density at radius 3 is 2.50 bits per heavy atom. The van der Waals surface area contributed by atoms with E-state index in [-0.39, 0.29) is 6.61 Å². The number of rotatable bonds is 9. The van der Waals surface area contributed by atoms with E-state index in [2.05, 4.69) is 0 Å². The number of halogens is 1. The predicted octanol–water partition coefficient (Wildman–Crippen LogP) is 4.02. The Hall–Kier alpha value is -2.40. The summed E-state index contributed by atoms with van der Waals surface area (Å²) in [6.45, 7) is 2.88. The second-order valence-corrected chi connectivity index (χ2v) is 5.16. The summed E-state index contributed by atoms with van der Waals surface area (Å²) in [6, 6.07) is 10.4. The first-order valence-corrected chi connectivity index (χ1v) is 7.87. The second kappa shape index (κ2) is 9.03. The molecule has 0 aromatic heterocycles. The van der Waals surface area contributed by atoms with Crippen LogP contribution in [0.2, 0.25) is 5.02 Å². The molecule has 0 N–H and O–H groups in total. The molecule has 0 amide bonds. The fraction of sp³-hybridized carbons (Fsp3) is 0.278. The van der Waals surface area contributed by atoms with Crippen molar-refractivity contribution in [2.45, 2.75) is 6.92 Å². The van der Waals surface area contributed by atoms with E-state index in [1.807, 2.05) is 25.1 Å². The first-order valence-electron chi connectivity index (χ1n) is 7.49. The minimum Gasteiger partial charge on any atom is -0.497 e. The summed E-state index contributed by atoms with van der Waals surface area (Å²) in [5, 5.41) is 0.324. The highest BCUT2D eigenvalue weighted by Gasteiger charge is 2.12. The van der Waals surface area contributed by atoms with Crippen LogP contribution in [0.5, 0.6) is 23.0 Å². The van der Waals surface area contributed by atoms with Crippen LogP contribution in [0.15, 0.2) is 36.4 Å². The van der Waals surface area contributed by atoms with Crippen LogP contribution >= 0.6 is 11.6 Å². The van der Waals surface area contributed by atoms with Gasteiger partial charge in [-0.1, -0.05) is 17.7 Å². The Bertz CT molecular complexity index is 687. The summed E-state index contributed by atoms with van der Waals surface area (Å²) < 4.78 is 21.9. The van der Waals surface area contributed by atoms with Crippen LogP contribution in [0.3, 0.4) is 0 Å². The monoisotopic (exact) mass is 350 g/mol. The topological polar surface area (TPSA) is 54.0 Å². The molecule has 0 atom stereocenters. The fourth-order valence-corrected chi connectivity index (χ4v) is 2.33. The van der Waals surface area contributed by atoms with E-state index in [4.69, 9.17) is 30.5 Å². The Morgan fingerprint density at radius 1 is 1.04 bits per heavy atom. The van der Waals surface area contributed by atoms with Crippen LogP contribution in [-0.2, 0) is 0 Å². The number of aldehydes is 1. The van der Waals surface area contributed by atoms with E-state index >= 15 is 0 Å². The van der Waals surface area contributed by atoms with Gasteiger partial charge in [-0.3, -0.25) is 4.79 Å². The van der Waals surface area contributed by atoms with Gasteiger partial charge in [0.15, 0.2) is 11.5 Å². The maximum absolute atomic E-state index is 10.9. The molecule has 0 aliphatic carbocycles. The highest BCUT2D eigenvalue weighted by Crippen LogP contribution is 2.36. The van der Waals surface area contributed by atoms with Gasteiger partial charge in [0.2, 0.25) is 0 Å². The Kier molecular flexibility index (Phi) is 6.75. The summed E-state index contributed by atoms with van der Waals surface area (Å²) >= 11 is 6.16. The number of ether oxygens (including phenoxy) is 4. The van der Waals surface area contributed by atoms with E-state index < -0.39 is 0 Å². The van der Waals surface area contributed by atoms with Gasteiger partial charge in [0.1, 0.15) is 31.0 Å². The minimum atomic E-state index is 0.275. The molecule has 0 aliphatic heterocycles. The molecule has 2 aromatic rings. The van der Waals surface area contributed by atoms with E-state index in [0.717, 1.165) is 5.75 Å². The molecule has 0 saturated heterocycles. The molecule has 2 aromatic carbocycles. The van der Waals surface area contributed by atoms with Crippen LogP contribution < -0.4 is 18.9 Å². The minimum absolute atomic E-state index is 0.275. The lowest BCUT2D eigenvalue weighted by atomic mass is 10.2. The molecule has 6 heteroatoms. The number of carbonyl (C=O) groups is 1. The molecule has 0 unspecified atom stereocenters. The molecule has 24 heavy (non-hydrogen) atoms. The zero-order chi connectivity index (χ0) is 17.4. The molecule has 5 nitrogen and oxygen atoms in total. The van der Waals surface area contributed by atoms with Crippen molar-refractivity contribution in [1.82, 2.24) is 0 Å². The van der Waals surface area contributed by atoms with E-state index in [9.17, 15) is 4.79 Å². The zero-order valence-corrected chi connectivity index (χ0v) is 14.3. The number of hydrogen-bond acceptors (Lipinski definition) is 5. The lowest BCUT2D eigenvalue weighted by Crippen LogP contribution is -2.10. The van der Waals surface area contributed by atoms with Crippen LogP contribution in [0.25, 0.3) is 0 Å². The summed E-state index contributed by atoms with van der Waals surface area (Å²) in [5.74, 6) is 2.25. The highest BCUT2D eigenvalue weighted by molar-refractivity contribution is 6.32. The fourth-order valence-electron chi connectivity index (χ4n) is 2.05. The molecular formula is C18H19ClO5. The third-order valence-corrected chi connectivity index (χ3v) is 3.39. The van der Waals surface area contributed by atoms with Gasteiger partial charge >= 0.3 is 0 Å². The smallest absolute Gasteiger partial charge is 0.179 e. The van der Waals surface area contributed by atoms with Gasteiger partial charge in [-0.15, -0.1) is 0 Å².